The number of nitrogens with zero attached hydrogens (tertiary/aromatic N) is 1. The molecule has 0 saturated heterocycles. The summed E-state index contributed by atoms with van der Waals surface area (Å²) in [5.74, 6) is 0.0781. The maximum Gasteiger partial charge on any atom is 0.411 e. The molecule has 0 radical (unpaired) electrons. The average molecular weight is 646 g/mol. The lowest BCUT2D eigenvalue weighted by atomic mass is 9.98. The molecule has 3 aromatic carbocycles. The molecule has 1 aliphatic rings. The topological polar surface area (TPSA) is 94.2 Å². The van der Waals surface area contributed by atoms with Crippen LogP contribution in [0.2, 0.25) is 0 Å². The molecule has 0 bridgehead atoms. The van der Waals surface area contributed by atoms with E-state index in [2.05, 4.69) is 24.0 Å². The summed E-state index contributed by atoms with van der Waals surface area (Å²) in [6.07, 6.45) is 2.35. The number of alkyl carbamates (subject to hydrolysis) is 1. The number of unbranched alkanes of at least 4 members (excludes halogenated alkanes) is 1. The number of fused-ring (bicyclic) bond motifs is 3. The molecule has 11 heteroatoms. The van der Waals surface area contributed by atoms with E-state index in [1.165, 1.54) is 10.7 Å². The Bertz CT molecular complexity index is 1420. The van der Waals surface area contributed by atoms with E-state index in [0.717, 1.165) is 35.1 Å². The minimum atomic E-state index is -3.59. The first-order valence-corrected chi connectivity index (χ1v) is 17.0. The first-order valence-electron chi connectivity index (χ1n) is 14.0. The van der Waals surface area contributed by atoms with E-state index >= 15 is 0 Å². The third-order valence-electron chi connectivity index (χ3n) is 7.12. The van der Waals surface area contributed by atoms with Crippen LogP contribution in [0.15, 0.2) is 85.5 Å². The number of nitrogens with one attached hydrogen (secondary N) is 1. The molecule has 0 saturated carbocycles. The van der Waals surface area contributed by atoms with Gasteiger partial charge in [-0.3, -0.25) is 0 Å². The van der Waals surface area contributed by atoms with Crippen molar-refractivity contribution in [2.24, 2.45) is 0 Å². The summed E-state index contributed by atoms with van der Waals surface area (Å²) in [6, 6.07) is 21.7. The smallest absolute Gasteiger partial charge is 0.411 e. The van der Waals surface area contributed by atoms with Crippen LogP contribution in [-0.2, 0) is 25.3 Å². The van der Waals surface area contributed by atoms with E-state index in [9.17, 15) is 14.2 Å². The van der Waals surface area contributed by atoms with Crippen molar-refractivity contribution in [2.45, 2.75) is 31.2 Å². The second kappa shape index (κ2) is 15.4. The van der Waals surface area contributed by atoms with E-state index < -0.39 is 25.0 Å². The van der Waals surface area contributed by atoms with Gasteiger partial charge in [0.25, 0.3) is 0 Å². The zero-order chi connectivity index (χ0) is 30.8. The quantitative estimate of drug-likeness (QED) is 0.0600. The van der Waals surface area contributed by atoms with Crippen molar-refractivity contribution < 1.29 is 28.2 Å². The highest BCUT2D eigenvalue weighted by Gasteiger charge is 2.31. The van der Waals surface area contributed by atoms with E-state index in [0.29, 0.717) is 23.7 Å². The Labute approximate surface area is 262 Å². The van der Waals surface area contributed by atoms with Crippen LogP contribution in [-0.4, -0.2) is 55.5 Å². The highest BCUT2D eigenvalue weighted by Crippen LogP contribution is 2.54. The summed E-state index contributed by atoms with van der Waals surface area (Å²) in [7, 11) is 1.63. The highest BCUT2D eigenvalue weighted by atomic mass is 35.7. The lowest BCUT2D eigenvalue weighted by Crippen LogP contribution is -2.44. The number of hydrogen-bond acceptors (Lipinski definition) is 6. The molecule has 8 nitrogen and oxygen atoms in total. The van der Waals surface area contributed by atoms with Crippen molar-refractivity contribution >= 4 is 41.8 Å². The largest absolute Gasteiger partial charge is 0.460 e. The second-order valence-corrected chi connectivity index (χ2v) is 13.5. The van der Waals surface area contributed by atoms with Crippen LogP contribution in [0, 0.1) is 0 Å². The normalized spacial score (nSPS) is 14.2. The number of hydrogen-bond donors (Lipinski definition) is 1. The highest BCUT2D eigenvalue weighted by molar-refractivity contribution is 7.83. The van der Waals surface area contributed by atoms with Crippen LogP contribution in [0.4, 0.5) is 4.79 Å². The van der Waals surface area contributed by atoms with Gasteiger partial charge in [-0.25, -0.2) is 18.8 Å². The fraction of sp³-hybridized carbons (Fsp3) is 0.312. The molecule has 1 amide bonds. The Morgan fingerprint density at radius 2 is 1.63 bits per heavy atom. The molecule has 0 spiro atoms. The molecule has 1 N–H and O–H groups in total. The molecule has 2 unspecified atom stereocenters. The minimum Gasteiger partial charge on any atom is -0.460 e. The van der Waals surface area contributed by atoms with Gasteiger partial charge in [0.05, 0.1) is 0 Å². The van der Waals surface area contributed by atoms with Crippen molar-refractivity contribution in [2.75, 3.05) is 32.7 Å². The van der Waals surface area contributed by atoms with Crippen molar-refractivity contribution in [1.29, 1.82) is 0 Å². The van der Waals surface area contributed by atoms with Gasteiger partial charge in [0.1, 0.15) is 25.0 Å². The minimum absolute atomic E-state index is 0.00208. The molecule has 2 atom stereocenters. The van der Waals surface area contributed by atoms with Gasteiger partial charge >= 0.3 is 18.9 Å². The molecule has 0 fully saturated rings. The fourth-order valence-corrected chi connectivity index (χ4v) is 6.45. The van der Waals surface area contributed by atoms with Gasteiger partial charge in [0.2, 0.25) is 0 Å². The monoisotopic (exact) mass is 644 g/mol. The molecule has 1 aliphatic carbocycles. The number of benzene rings is 3. The predicted molar refractivity (Wildman–Crippen MR) is 170 cm³/mol. The Hall–Kier alpha value is -3.29. The number of esters is 1. The van der Waals surface area contributed by atoms with Gasteiger partial charge < -0.3 is 19.3 Å². The summed E-state index contributed by atoms with van der Waals surface area (Å²) >= 11 is 11.9. The fourth-order valence-electron chi connectivity index (χ4n) is 4.89. The number of rotatable bonds is 15. The number of amides is 1. The van der Waals surface area contributed by atoms with E-state index in [4.69, 9.17) is 36.8 Å². The molecule has 0 aliphatic heterocycles. The van der Waals surface area contributed by atoms with Crippen LogP contribution < -0.4 is 9.84 Å². The molecule has 3 aromatic rings. The van der Waals surface area contributed by atoms with Crippen LogP contribution >= 0.6 is 29.7 Å². The van der Waals surface area contributed by atoms with Gasteiger partial charge in [-0.2, -0.15) is 0 Å². The Morgan fingerprint density at radius 1 is 1.00 bits per heavy atom. The standard InChI is InChI=1S/C32H35Cl2N2O6P/c1-3-20-40-31(37)30(21-23-14-16-24(17-15-23)42-43(34,39)36(2)19-9-8-18-33)35-32(38)41-22-29-27-12-6-4-10-25(27)26-11-5-7-13-28(26)29/h3-7,10-17,29-30H,1,8-9,18-22H2,2H3,(H,35,38). The van der Waals surface area contributed by atoms with Gasteiger partial charge in [-0.15, -0.1) is 11.6 Å². The molecule has 4 rings (SSSR count). The zero-order valence-electron chi connectivity index (χ0n) is 23.9. The third kappa shape index (κ3) is 8.64. The average Bonchev–Trinajstić information content (AvgIpc) is 3.33. The second-order valence-electron chi connectivity index (χ2n) is 10.1. The summed E-state index contributed by atoms with van der Waals surface area (Å²) in [5, 5.41) is 2.66. The number of carbonyl (C=O) groups excluding carboxylic acids is 2. The van der Waals surface area contributed by atoms with E-state index in [-0.39, 0.29) is 25.6 Å². The van der Waals surface area contributed by atoms with Crippen LogP contribution in [0.25, 0.3) is 11.1 Å². The maximum atomic E-state index is 12.9. The molecule has 0 aromatic heterocycles. The van der Waals surface area contributed by atoms with Crippen LogP contribution in [0.5, 0.6) is 5.75 Å². The maximum absolute atomic E-state index is 12.9. The lowest BCUT2D eigenvalue weighted by molar-refractivity contribution is -0.144. The van der Waals surface area contributed by atoms with Gasteiger partial charge in [0, 0.05) is 36.0 Å². The van der Waals surface area contributed by atoms with Crippen molar-refractivity contribution in [3.8, 4) is 16.9 Å². The summed E-state index contributed by atoms with van der Waals surface area (Å²) in [6.45, 7) is 0.567. The summed E-state index contributed by atoms with van der Waals surface area (Å²) in [5.41, 5.74) is 5.11. The molecule has 43 heavy (non-hydrogen) atoms. The number of alkyl halides is 1. The Morgan fingerprint density at radius 3 is 2.23 bits per heavy atom. The SMILES string of the molecule is C=CCOC(=O)C(Cc1ccc(OP(=O)(Cl)N(C)CCCCCl)cc1)NC(=O)OCC1c2ccccc2-c2ccccc21. The number of carbonyl (C=O) groups is 2. The zero-order valence-corrected chi connectivity index (χ0v) is 26.3. The summed E-state index contributed by atoms with van der Waals surface area (Å²) < 4.78 is 30.8. The molecular weight excluding hydrogens is 610 g/mol. The molecular formula is C32H35Cl2N2O6P. The summed E-state index contributed by atoms with van der Waals surface area (Å²) in [4.78, 5) is 25.8. The van der Waals surface area contributed by atoms with Crippen LogP contribution in [0.1, 0.15) is 35.4 Å². The Kier molecular flexibility index (Phi) is 11.7. The van der Waals surface area contributed by atoms with Gasteiger partial charge in [-0.1, -0.05) is 73.3 Å². The predicted octanol–water partition coefficient (Wildman–Crippen LogP) is 7.54. The third-order valence-corrected chi connectivity index (χ3v) is 9.82. The van der Waals surface area contributed by atoms with Crippen molar-refractivity contribution in [1.82, 2.24) is 9.99 Å². The number of halogens is 2. The van der Waals surface area contributed by atoms with E-state index in [1.807, 2.05) is 36.4 Å². The van der Waals surface area contributed by atoms with Gasteiger partial charge in [-0.05, 0) is 59.8 Å². The molecule has 228 valence electrons. The van der Waals surface area contributed by atoms with E-state index in [1.54, 1.807) is 31.3 Å². The van der Waals surface area contributed by atoms with Crippen molar-refractivity contribution in [3.63, 3.8) is 0 Å². The lowest BCUT2D eigenvalue weighted by Gasteiger charge is -2.23. The first kappa shape index (κ1) is 32.6. The van der Waals surface area contributed by atoms with Crippen LogP contribution in [0.3, 0.4) is 0 Å². The van der Waals surface area contributed by atoms with Gasteiger partial charge in [0.15, 0.2) is 0 Å². The first-order chi connectivity index (χ1) is 20.7. The number of ether oxygens (including phenoxy) is 2. The van der Waals surface area contributed by atoms with Crippen molar-refractivity contribution in [3.05, 3.63) is 102 Å². The molecule has 0 heterocycles. The Balaban J connectivity index is 1.39.